The molecule has 9 atom stereocenters. The standard InChI is InChI=1S/C12H20O14S/c13-5-3(2-23-27(19,20)21)24-10(7(15)6(5)14)26-8-4-1-22-9(8)12(17,18)11(16)25-4/h3-11,13-18H,1-2H2,(H,19,20,21)/t3?,4?,5-,6?,7-,8+,9?,10-,11+/m0/s1. The number of fused-ring (bicyclic) bond motifs is 2. The molecular formula is C12H20O14S. The summed E-state index contributed by atoms with van der Waals surface area (Å²) in [6.45, 7) is -1.09. The van der Waals surface area contributed by atoms with Gasteiger partial charge in [0, 0.05) is 0 Å². The van der Waals surface area contributed by atoms with Gasteiger partial charge >= 0.3 is 10.4 Å². The first-order valence-corrected chi connectivity index (χ1v) is 9.15. The van der Waals surface area contributed by atoms with Crippen LogP contribution >= 0.6 is 0 Å². The van der Waals surface area contributed by atoms with Crippen molar-refractivity contribution in [1.29, 1.82) is 0 Å². The van der Waals surface area contributed by atoms with E-state index in [9.17, 15) is 39.1 Å². The lowest BCUT2D eigenvalue weighted by Crippen LogP contribution is -2.66. The molecule has 14 nitrogen and oxygen atoms in total. The Morgan fingerprint density at radius 2 is 1.70 bits per heavy atom. The van der Waals surface area contributed by atoms with E-state index in [-0.39, 0.29) is 6.61 Å². The van der Waals surface area contributed by atoms with Crippen molar-refractivity contribution in [1.82, 2.24) is 0 Å². The van der Waals surface area contributed by atoms with E-state index < -0.39 is 78.1 Å². The molecule has 158 valence electrons. The van der Waals surface area contributed by atoms with Gasteiger partial charge < -0.3 is 49.6 Å². The molecule has 0 saturated carbocycles. The van der Waals surface area contributed by atoms with Crippen LogP contribution in [0.15, 0.2) is 0 Å². The molecule has 27 heavy (non-hydrogen) atoms. The third-order valence-corrected chi connectivity index (χ3v) is 4.97. The second-order valence-electron chi connectivity index (χ2n) is 6.39. The highest BCUT2D eigenvalue weighted by Gasteiger charge is 2.61. The van der Waals surface area contributed by atoms with Crippen molar-refractivity contribution in [3.63, 3.8) is 0 Å². The van der Waals surface area contributed by atoms with Crippen LogP contribution in [0.2, 0.25) is 0 Å². The minimum atomic E-state index is -4.86. The first kappa shape index (κ1) is 21.2. The van der Waals surface area contributed by atoms with Crippen LogP contribution in [0.1, 0.15) is 0 Å². The van der Waals surface area contributed by atoms with Crippen LogP contribution in [-0.4, -0.2) is 118 Å². The average molecular weight is 420 g/mol. The SMILES string of the molecule is O=S(=O)(O)OCC1O[C@@H](O[C@@H]2C3COC2C(O)(O)[C@H](O)O3)[C@@H](O)C(O)[C@H]1O. The largest absolute Gasteiger partial charge is 0.397 e. The lowest BCUT2D eigenvalue weighted by molar-refractivity contribution is -0.391. The van der Waals surface area contributed by atoms with Gasteiger partial charge in [0.2, 0.25) is 12.1 Å². The van der Waals surface area contributed by atoms with Crippen LogP contribution in [0.5, 0.6) is 0 Å². The fourth-order valence-electron chi connectivity index (χ4n) is 3.10. The van der Waals surface area contributed by atoms with E-state index in [4.69, 9.17) is 23.5 Å². The molecule has 3 rings (SSSR count). The normalized spacial score (nSPS) is 47.1. The maximum Gasteiger partial charge on any atom is 0.397 e. The molecule has 0 aromatic heterocycles. The fourth-order valence-corrected chi connectivity index (χ4v) is 3.41. The van der Waals surface area contributed by atoms with Crippen LogP contribution in [0.3, 0.4) is 0 Å². The smallest absolute Gasteiger partial charge is 0.387 e. The molecule has 4 unspecified atom stereocenters. The Bertz CT molecular complexity index is 638. The van der Waals surface area contributed by atoms with Gasteiger partial charge in [-0.3, -0.25) is 4.55 Å². The summed E-state index contributed by atoms with van der Waals surface area (Å²) < 4.78 is 54.7. The summed E-state index contributed by atoms with van der Waals surface area (Å²) in [6, 6.07) is 0. The Hall–Kier alpha value is -0.530. The number of aliphatic hydroxyl groups excluding tert-OH is 4. The highest BCUT2D eigenvalue weighted by atomic mass is 32.3. The summed E-state index contributed by atoms with van der Waals surface area (Å²) in [7, 11) is -4.86. The topological polar surface area (TPSA) is 222 Å². The Morgan fingerprint density at radius 3 is 2.33 bits per heavy atom. The van der Waals surface area contributed by atoms with E-state index in [1.165, 1.54) is 0 Å². The first-order valence-electron chi connectivity index (χ1n) is 7.78. The molecule has 0 aliphatic carbocycles. The number of ether oxygens (including phenoxy) is 4. The summed E-state index contributed by atoms with van der Waals surface area (Å²) >= 11 is 0. The zero-order valence-corrected chi connectivity index (χ0v) is 14.3. The molecule has 3 saturated heterocycles. The van der Waals surface area contributed by atoms with Crippen molar-refractivity contribution in [2.45, 2.75) is 61.1 Å². The third-order valence-electron chi connectivity index (χ3n) is 4.53. The number of hydrogen-bond donors (Lipinski definition) is 7. The average Bonchev–Trinajstić information content (AvgIpc) is 2.91. The van der Waals surface area contributed by atoms with Crippen LogP contribution in [0, 0.1) is 0 Å². The predicted molar refractivity (Wildman–Crippen MR) is 76.8 cm³/mol. The van der Waals surface area contributed by atoms with Crippen LogP contribution in [0.25, 0.3) is 0 Å². The van der Waals surface area contributed by atoms with Crippen LogP contribution in [0.4, 0.5) is 0 Å². The Labute approximate surface area is 152 Å². The van der Waals surface area contributed by atoms with E-state index in [1.54, 1.807) is 0 Å². The molecule has 3 aliphatic heterocycles. The van der Waals surface area contributed by atoms with Gasteiger partial charge in [0.05, 0.1) is 13.2 Å². The van der Waals surface area contributed by atoms with Crippen molar-refractivity contribution in [2.75, 3.05) is 13.2 Å². The van der Waals surface area contributed by atoms with Crippen molar-refractivity contribution in [3.05, 3.63) is 0 Å². The van der Waals surface area contributed by atoms with Crippen LogP contribution < -0.4 is 0 Å². The van der Waals surface area contributed by atoms with Crippen molar-refractivity contribution < 1.29 is 66.7 Å². The van der Waals surface area contributed by atoms with Crippen molar-refractivity contribution >= 4 is 10.4 Å². The molecular weight excluding hydrogens is 400 g/mol. The molecule has 15 heteroatoms. The molecule has 2 bridgehead atoms. The van der Waals surface area contributed by atoms with E-state index in [2.05, 4.69) is 4.18 Å². The van der Waals surface area contributed by atoms with E-state index >= 15 is 0 Å². The quantitative estimate of drug-likeness (QED) is 0.163. The summed E-state index contributed by atoms with van der Waals surface area (Å²) in [5, 5.41) is 59.1. The van der Waals surface area contributed by atoms with Crippen molar-refractivity contribution in [3.8, 4) is 0 Å². The highest BCUT2D eigenvalue weighted by molar-refractivity contribution is 7.80. The summed E-state index contributed by atoms with van der Waals surface area (Å²) in [5.74, 6) is -2.83. The summed E-state index contributed by atoms with van der Waals surface area (Å²) in [5.41, 5.74) is 0. The Morgan fingerprint density at radius 1 is 1.04 bits per heavy atom. The molecule has 0 radical (unpaired) electrons. The highest BCUT2D eigenvalue weighted by Crippen LogP contribution is 2.38. The van der Waals surface area contributed by atoms with Gasteiger partial charge in [-0.25, -0.2) is 4.18 Å². The maximum absolute atomic E-state index is 10.7. The molecule has 0 amide bonds. The lowest BCUT2D eigenvalue weighted by atomic mass is 9.97. The van der Waals surface area contributed by atoms with E-state index in [0.29, 0.717) is 0 Å². The number of hydrogen-bond acceptors (Lipinski definition) is 13. The molecule has 0 aromatic rings. The Kier molecular flexibility index (Phi) is 5.79. The van der Waals surface area contributed by atoms with Gasteiger partial charge in [0.25, 0.3) is 0 Å². The van der Waals surface area contributed by atoms with Gasteiger partial charge in [-0.05, 0) is 0 Å². The predicted octanol–water partition coefficient (Wildman–Crippen LogP) is -5.20. The van der Waals surface area contributed by atoms with Gasteiger partial charge in [0.15, 0.2) is 6.29 Å². The second-order valence-corrected chi connectivity index (χ2v) is 7.48. The molecule has 3 aliphatic rings. The molecule has 3 fully saturated rings. The molecule has 0 spiro atoms. The van der Waals surface area contributed by atoms with Crippen LogP contribution in [-0.2, 0) is 33.5 Å². The van der Waals surface area contributed by atoms with E-state index in [1.807, 2.05) is 0 Å². The Balaban J connectivity index is 1.72. The zero-order chi connectivity index (χ0) is 20.1. The minimum Gasteiger partial charge on any atom is -0.387 e. The lowest BCUT2D eigenvalue weighted by Gasteiger charge is -2.44. The molecule has 3 heterocycles. The van der Waals surface area contributed by atoms with Gasteiger partial charge in [-0.1, -0.05) is 0 Å². The summed E-state index contributed by atoms with van der Waals surface area (Å²) in [4.78, 5) is 0. The second kappa shape index (κ2) is 7.38. The monoisotopic (exact) mass is 420 g/mol. The van der Waals surface area contributed by atoms with Gasteiger partial charge in [-0.15, -0.1) is 0 Å². The fraction of sp³-hybridized carbons (Fsp3) is 1.00. The first-order chi connectivity index (χ1) is 12.4. The van der Waals surface area contributed by atoms with Gasteiger partial charge in [0.1, 0.15) is 42.7 Å². The van der Waals surface area contributed by atoms with Gasteiger partial charge in [-0.2, -0.15) is 8.42 Å². The van der Waals surface area contributed by atoms with E-state index in [0.717, 1.165) is 0 Å². The third kappa shape index (κ3) is 4.10. The zero-order valence-electron chi connectivity index (χ0n) is 13.5. The summed E-state index contributed by atoms with van der Waals surface area (Å²) in [6.07, 6.45) is -14.4. The number of aliphatic hydroxyl groups is 6. The maximum atomic E-state index is 10.7. The van der Waals surface area contributed by atoms with Crippen molar-refractivity contribution in [2.24, 2.45) is 0 Å². The number of rotatable bonds is 5. The molecule has 0 aromatic carbocycles. The minimum absolute atomic E-state index is 0.182. The molecule has 7 N–H and O–H groups in total.